The van der Waals surface area contributed by atoms with Gasteiger partial charge >= 0.3 is 0 Å². The molecule has 1 heterocycles. The number of hydrogen-bond donors (Lipinski definition) is 0. The molecule has 2 unspecified atom stereocenters. The van der Waals surface area contributed by atoms with Gasteiger partial charge in [-0.15, -0.1) is 11.8 Å². The Kier molecular flexibility index (Phi) is 4.17. The van der Waals surface area contributed by atoms with Crippen LogP contribution in [0.4, 0.5) is 0 Å². The Morgan fingerprint density at radius 2 is 1.95 bits per heavy atom. The highest BCUT2D eigenvalue weighted by Gasteiger charge is 2.25. The topological polar surface area (TPSA) is 49.6 Å². The Morgan fingerprint density at radius 1 is 1.10 bits per heavy atom. The smallest absolute Gasteiger partial charge is 0.117 e. The quantitative estimate of drug-likeness (QED) is 0.612. The molecule has 1 saturated carbocycles. The first-order valence-electron chi connectivity index (χ1n) is 7.14. The van der Waals surface area contributed by atoms with Crippen LogP contribution in [0.2, 0.25) is 0 Å². The summed E-state index contributed by atoms with van der Waals surface area (Å²) in [6.45, 7) is 0. The highest BCUT2D eigenvalue weighted by molar-refractivity contribution is 8.00. The molecule has 0 amide bonds. The van der Waals surface area contributed by atoms with E-state index in [1.165, 1.54) is 19.3 Å². The van der Waals surface area contributed by atoms with E-state index in [1.54, 1.807) is 18.1 Å². The lowest BCUT2D eigenvalue weighted by molar-refractivity contribution is 0.585. The van der Waals surface area contributed by atoms with Gasteiger partial charge in [0.05, 0.1) is 17.5 Å². The first-order valence-corrected chi connectivity index (χ1v) is 8.02. The molecule has 0 radical (unpaired) electrons. The molecular weight excluding hydrogens is 266 g/mol. The number of fused-ring (bicyclic) bond motifs is 1. The molecule has 0 saturated heterocycles. The van der Waals surface area contributed by atoms with Crippen molar-refractivity contribution in [1.82, 2.24) is 9.97 Å². The lowest BCUT2D eigenvalue weighted by atomic mass is 10.0. The van der Waals surface area contributed by atoms with Crippen LogP contribution in [0.5, 0.6) is 0 Å². The molecule has 1 aromatic carbocycles. The van der Waals surface area contributed by atoms with Gasteiger partial charge in [-0.1, -0.05) is 37.5 Å². The predicted octanol–water partition coefficient (Wildman–Crippen LogP) is 4.19. The van der Waals surface area contributed by atoms with E-state index < -0.39 is 0 Å². The molecule has 20 heavy (non-hydrogen) atoms. The van der Waals surface area contributed by atoms with Crippen LogP contribution in [0.1, 0.15) is 32.1 Å². The van der Waals surface area contributed by atoms with E-state index in [2.05, 4.69) is 22.1 Å². The van der Waals surface area contributed by atoms with Crippen LogP contribution in [0.3, 0.4) is 0 Å². The molecule has 1 fully saturated rings. The molecule has 0 bridgehead atoms. The highest BCUT2D eigenvalue weighted by Crippen LogP contribution is 2.37. The van der Waals surface area contributed by atoms with Gasteiger partial charge in [-0.3, -0.25) is 0 Å². The molecule has 1 aliphatic carbocycles. The van der Waals surface area contributed by atoms with Gasteiger partial charge in [-0.25, -0.2) is 9.97 Å². The van der Waals surface area contributed by atoms with Gasteiger partial charge in [0.1, 0.15) is 11.4 Å². The molecule has 1 aromatic heterocycles. The molecule has 3 rings (SSSR count). The van der Waals surface area contributed by atoms with E-state index in [0.29, 0.717) is 5.25 Å². The standard InChI is InChI=1S/C16H17N3S/c17-10-12-6-2-1-3-9-15(12)20-16-13-7-4-5-8-14(13)18-11-19-16/h4-5,7-8,11-12,15H,1-3,6,9H2. The zero-order valence-electron chi connectivity index (χ0n) is 11.3. The summed E-state index contributed by atoms with van der Waals surface area (Å²) in [5, 5.41) is 11.9. The maximum atomic E-state index is 9.38. The maximum Gasteiger partial charge on any atom is 0.117 e. The predicted molar refractivity (Wildman–Crippen MR) is 81.4 cm³/mol. The van der Waals surface area contributed by atoms with E-state index in [4.69, 9.17) is 0 Å². The van der Waals surface area contributed by atoms with Crippen molar-refractivity contribution in [2.75, 3.05) is 0 Å². The molecule has 0 aliphatic heterocycles. The van der Waals surface area contributed by atoms with Crippen molar-refractivity contribution in [3.63, 3.8) is 0 Å². The first kappa shape index (κ1) is 13.4. The Morgan fingerprint density at radius 3 is 2.85 bits per heavy atom. The van der Waals surface area contributed by atoms with E-state index in [9.17, 15) is 5.26 Å². The average molecular weight is 283 g/mol. The van der Waals surface area contributed by atoms with Gasteiger partial charge in [0.25, 0.3) is 0 Å². The molecule has 102 valence electrons. The zero-order valence-corrected chi connectivity index (χ0v) is 12.1. The van der Waals surface area contributed by atoms with Crippen molar-refractivity contribution >= 4 is 22.7 Å². The normalized spacial score (nSPS) is 23.1. The molecule has 0 N–H and O–H groups in total. The minimum absolute atomic E-state index is 0.149. The molecular formula is C16H17N3S. The Hall–Kier alpha value is -1.60. The van der Waals surface area contributed by atoms with Crippen molar-refractivity contribution in [1.29, 1.82) is 5.26 Å². The summed E-state index contributed by atoms with van der Waals surface area (Å²) in [6.07, 6.45) is 7.42. The summed E-state index contributed by atoms with van der Waals surface area (Å²) >= 11 is 1.77. The maximum absolute atomic E-state index is 9.38. The number of benzene rings is 1. The zero-order chi connectivity index (χ0) is 13.8. The number of rotatable bonds is 2. The van der Waals surface area contributed by atoms with Crippen LogP contribution >= 0.6 is 11.8 Å². The summed E-state index contributed by atoms with van der Waals surface area (Å²) in [4.78, 5) is 8.75. The minimum Gasteiger partial charge on any atom is -0.236 e. The average Bonchev–Trinajstić information content (AvgIpc) is 2.72. The number of thioether (sulfide) groups is 1. The molecule has 3 nitrogen and oxygen atoms in total. The van der Waals surface area contributed by atoms with E-state index in [-0.39, 0.29) is 5.92 Å². The largest absolute Gasteiger partial charge is 0.236 e. The summed E-state index contributed by atoms with van der Waals surface area (Å²) in [5.41, 5.74) is 0.979. The Bertz CT molecular complexity index is 630. The van der Waals surface area contributed by atoms with Crippen molar-refractivity contribution in [2.24, 2.45) is 5.92 Å². The summed E-state index contributed by atoms with van der Waals surface area (Å²) in [6, 6.07) is 10.6. The van der Waals surface area contributed by atoms with Gasteiger partial charge in [-0.2, -0.15) is 5.26 Å². The number of para-hydroxylation sites is 1. The highest BCUT2D eigenvalue weighted by atomic mass is 32.2. The van der Waals surface area contributed by atoms with Crippen molar-refractivity contribution in [2.45, 2.75) is 42.4 Å². The van der Waals surface area contributed by atoms with Gasteiger partial charge in [0, 0.05) is 10.6 Å². The third kappa shape index (κ3) is 2.78. The molecule has 2 aromatic rings. The van der Waals surface area contributed by atoms with E-state index in [0.717, 1.165) is 28.8 Å². The number of aromatic nitrogens is 2. The van der Waals surface area contributed by atoms with Gasteiger partial charge in [0.2, 0.25) is 0 Å². The Balaban J connectivity index is 1.90. The number of nitrogens with zero attached hydrogens (tertiary/aromatic N) is 3. The fourth-order valence-corrected chi connectivity index (χ4v) is 4.12. The van der Waals surface area contributed by atoms with Crippen molar-refractivity contribution in [3.05, 3.63) is 30.6 Å². The molecule has 4 heteroatoms. The van der Waals surface area contributed by atoms with Gasteiger partial charge in [-0.05, 0) is 18.9 Å². The minimum atomic E-state index is 0.149. The number of nitriles is 1. The number of hydrogen-bond acceptors (Lipinski definition) is 4. The third-order valence-corrected chi connectivity index (χ3v) is 5.30. The van der Waals surface area contributed by atoms with E-state index >= 15 is 0 Å². The molecule has 2 atom stereocenters. The van der Waals surface area contributed by atoms with E-state index in [1.807, 2.05) is 18.2 Å². The van der Waals surface area contributed by atoms with Gasteiger partial charge in [0.15, 0.2) is 0 Å². The molecule has 0 spiro atoms. The van der Waals surface area contributed by atoms with Crippen molar-refractivity contribution < 1.29 is 0 Å². The summed E-state index contributed by atoms with van der Waals surface area (Å²) < 4.78 is 0. The van der Waals surface area contributed by atoms with Crippen LogP contribution in [0.25, 0.3) is 10.9 Å². The fourth-order valence-electron chi connectivity index (χ4n) is 2.78. The monoisotopic (exact) mass is 283 g/mol. The van der Waals surface area contributed by atoms with Crippen LogP contribution in [-0.2, 0) is 0 Å². The third-order valence-electron chi connectivity index (χ3n) is 3.89. The van der Waals surface area contributed by atoms with Gasteiger partial charge < -0.3 is 0 Å². The van der Waals surface area contributed by atoms with Crippen LogP contribution in [0.15, 0.2) is 35.6 Å². The van der Waals surface area contributed by atoms with Crippen molar-refractivity contribution in [3.8, 4) is 6.07 Å². The second kappa shape index (κ2) is 6.23. The Labute approximate surface area is 123 Å². The molecule has 1 aliphatic rings. The lowest BCUT2D eigenvalue weighted by Crippen LogP contribution is -2.14. The second-order valence-electron chi connectivity index (χ2n) is 5.23. The van der Waals surface area contributed by atoms with Crippen LogP contribution < -0.4 is 0 Å². The SMILES string of the molecule is N#CC1CCCCCC1Sc1ncnc2ccccc12. The lowest BCUT2D eigenvalue weighted by Gasteiger charge is -2.18. The fraction of sp³-hybridized carbons (Fsp3) is 0.438. The van der Waals surface area contributed by atoms with Crippen LogP contribution in [-0.4, -0.2) is 15.2 Å². The summed E-state index contributed by atoms with van der Waals surface area (Å²) in [7, 11) is 0. The van der Waals surface area contributed by atoms with Crippen LogP contribution in [0, 0.1) is 17.2 Å². The second-order valence-corrected chi connectivity index (χ2v) is 6.45. The summed E-state index contributed by atoms with van der Waals surface area (Å²) in [5.74, 6) is 0.149. The first-order chi connectivity index (χ1) is 9.88.